The molecular formula is C30H25F2N7O. The molecule has 4 heterocycles. The van der Waals surface area contributed by atoms with Crippen molar-refractivity contribution in [1.29, 1.82) is 0 Å². The number of aromatic amines is 1. The van der Waals surface area contributed by atoms with E-state index in [0.29, 0.717) is 33.7 Å². The first-order valence-corrected chi connectivity index (χ1v) is 12.8. The van der Waals surface area contributed by atoms with Crippen LogP contribution in [0.2, 0.25) is 0 Å². The largest absolute Gasteiger partial charge is 0.360 e. The minimum Gasteiger partial charge on any atom is -0.360 e. The van der Waals surface area contributed by atoms with E-state index in [9.17, 15) is 13.6 Å². The molecule has 0 saturated heterocycles. The van der Waals surface area contributed by atoms with E-state index in [2.05, 4.69) is 16.1 Å². The number of alkyl halides is 2. The van der Waals surface area contributed by atoms with Crippen molar-refractivity contribution in [3.05, 3.63) is 88.7 Å². The van der Waals surface area contributed by atoms with Crippen molar-refractivity contribution in [2.24, 2.45) is 21.1 Å². The summed E-state index contributed by atoms with van der Waals surface area (Å²) in [5.41, 5.74) is 6.99. The summed E-state index contributed by atoms with van der Waals surface area (Å²) >= 11 is 0. The molecule has 0 atom stereocenters. The van der Waals surface area contributed by atoms with Crippen molar-refractivity contribution in [2.75, 3.05) is 0 Å². The van der Waals surface area contributed by atoms with Gasteiger partial charge in [-0.25, -0.2) is 18.6 Å². The third kappa shape index (κ3) is 3.45. The quantitative estimate of drug-likeness (QED) is 0.299. The first-order chi connectivity index (χ1) is 19.2. The molecule has 8 nitrogen and oxygen atoms in total. The fraction of sp³-hybridized carbons (Fsp3) is 0.167. The van der Waals surface area contributed by atoms with E-state index < -0.39 is 6.43 Å². The second kappa shape index (κ2) is 8.51. The maximum Gasteiger partial charge on any atom is 0.328 e. The standard InChI is InChI=1S/C30H25F2N7O/c1-16-5-7-19-22(14-33-23(19)9-16)29-35-24-11-20(17-13-34-36(2)15-17)21(28(31)32)12-26(24)39(29)18-6-8-25-27(10-18)38(4)30(40)37(25)3/h5-15,28,33H,1-4H3. The monoisotopic (exact) mass is 537 g/mol. The molecule has 4 aromatic heterocycles. The fourth-order valence-electron chi connectivity index (χ4n) is 5.63. The summed E-state index contributed by atoms with van der Waals surface area (Å²) in [7, 11) is 5.20. The van der Waals surface area contributed by atoms with E-state index in [1.54, 1.807) is 53.4 Å². The zero-order valence-electron chi connectivity index (χ0n) is 22.3. The molecule has 0 aliphatic rings. The average Bonchev–Trinajstić information content (AvgIpc) is 3.69. The van der Waals surface area contributed by atoms with Gasteiger partial charge in [-0.1, -0.05) is 12.1 Å². The molecule has 0 saturated carbocycles. The summed E-state index contributed by atoms with van der Waals surface area (Å²) in [6, 6.07) is 15.0. The predicted molar refractivity (Wildman–Crippen MR) is 152 cm³/mol. The van der Waals surface area contributed by atoms with Gasteiger partial charge in [0.2, 0.25) is 0 Å². The molecule has 0 unspecified atom stereocenters. The van der Waals surface area contributed by atoms with Crippen LogP contribution in [0.4, 0.5) is 8.78 Å². The molecule has 10 heteroatoms. The Morgan fingerprint density at radius 1 is 0.900 bits per heavy atom. The molecule has 0 fully saturated rings. The number of benzene rings is 3. The van der Waals surface area contributed by atoms with E-state index >= 15 is 0 Å². The van der Waals surface area contributed by atoms with Crippen molar-refractivity contribution >= 4 is 33.0 Å². The summed E-state index contributed by atoms with van der Waals surface area (Å²) in [4.78, 5) is 21.0. The Morgan fingerprint density at radius 3 is 2.45 bits per heavy atom. The lowest BCUT2D eigenvalue weighted by Crippen LogP contribution is -2.19. The molecule has 7 aromatic rings. The Balaban J connectivity index is 1.58. The van der Waals surface area contributed by atoms with Crippen LogP contribution in [0.3, 0.4) is 0 Å². The Kier molecular flexibility index (Phi) is 5.12. The highest BCUT2D eigenvalue weighted by atomic mass is 19.3. The number of halogens is 2. The number of nitrogens with one attached hydrogen (secondary N) is 1. The number of hydrogen-bond donors (Lipinski definition) is 1. The van der Waals surface area contributed by atoms with Gasteiger partial charge in [-0.15, -0.1) is 0 Å². The summed E-state index contributed by atoms with van der Waals surface area (Å²) < 4.78 is 35.7. The lowest BCUT2D eigenvalue weighted by Gasteiger charge is -2.12. The molecule has 0 bridgehead atoms. The van der Waals surface area contributed by atoms with Crippen LogP contribution in [0.15, 0.2) is 71.9 Å². The molecule has 0 aliphatic heterocycles. The molecule has 0 aliphatic carbocycles. The normalized spacial score (nSPS) is 12.1. The number of hydrogen-bond acceptors (Lipinski definition) is 3. The van der Waals surface area contributed by atoms with Crippen molar-refractivity contribution in [3.63, 3.8) is 0 Å². The first kappa shape index (κ1) is 24.1. The van der Waals surface area contributed by atoms with Gasteiger partial charge in [0.25, 0.3) is 6.43 Å². The Morgan fingerprint density at radius 2 is 1.70 bits per heavy atom. The summed E-state index contributed by atoms with van der Waals surface area (Å²) in [5, 5.41) is 5.15. The second-order valence-electron chi connectivity index (χ2n) is 10.2. The first-order valence-electron chi connectivity index (χ1n) is 12.8. The summed E-state index contributed by atoms with van der Waals surface area (Å²) in [6.45, 7) is 2.03. The number of H-pyrrole nitrogens is 1. The van der Waals surface area contributed by atoms with Gasteiger partial charge >= 0.3 is 5.69 Å². The number of rotatable bonds is 4. The van der Waals surface area contributed by atoms with E-state index in [1.807, 2.05) is 48.0 Å². The van der Waals surface area contributed by atoms with Gasteiger partial charge in [-0.05, 0) is 54.4 Å². The van der Waals surface area contributed by atoms with Crippen molar-refractivity contribution < 1.29 is 8.78 Å². The zero-order valence-corrected chi connectivity index (χ0v) is 22.3. The molecular weight excluding hydrogens is 512 g/mol. The third-order valence-corrected chi connectivity index (χ3v) is 7.67. The molecule has 0 radical (unpaired) electrons. The number of aromatic nitrogens is 7. The van der Waals surface area contributed by atoms with E-state index in [-0.39, 0.29) is 11.3 Å². The molecule has 40 heavy (non-hydrogen) atoms. The average molecular weight is 538 g/mol. The van der Waals surface area contributed by atoms with Crippen LogP contribution in [0.25, 0.3) is 61.2 Å². The number of nitrogens with zero attached hydrogens (tertiary/aromatic N) is 6. The molecule has 7 rings (SSSR count). The predicted octanol–water partition coefficient (Wildman–Crippen LogP) is 6.01. The van der Waals surface area contributed by atoms with Gasteiger partial charge in [0.15, 0.2) is 0 Å². The minimum absolute atomic E-state index is 0.101. The molecule has 0 amide bonds. The van der Waals surface area contributed by atoms with Gasteiger partial charge in [-0.2, -0.15) is 5.10 Å². The van der Waals surface area contributed by atoms with Crippen LogP contribution in [0.1, 0.15) is 17.6 Å². The van der Waals surface area contributed by atoms with E-state index in [0.717, 1.165) is 33.1 Å². The van der Waals surface area contributed by atoms with Crippen molar-refractivity contribution in [2.45, 2.75) is 13.3 Å². The highest BCUT2D eigenvalue weighted by molar-refractivity contribution is 5.98. The van der Waals surface area contributed by atoms with Crippen LogP contribution in [0.5, 0.6) is 0 Å². The molecule has 0 spiro atoms. The maximum absolute atomic E-state index is 14.5. The SMILES string of the molecule is Cc1ccc2c(-c3nc4cc(-c5cnn(C)c5)c(C(F)F)cc4n3-c3ccc4c(c3)n(C)c(=O)n4C)c[nH]c2c1. The van der Waals surface area contributed by atoms with E-state index in [1.165, 1.54) is 6.07 Å². The van der Waals surface area contributed by atoms with E-state index in [4.69, 9.17) is 4.98 Å². The fourth-order valence-corrected chi connectivity index (χ4v) is 5.63. The van der Waals surface area contributed by atoms with Gasteiger partial charge < -0.3 is 4.98 Å². The van der Waals surface area contributed by atoms with Crippen LogP contribution in [0, 0.1) is 6.92 Å². The van der Waals surface area contributed by atoms with Crippen LogP contribution < -0.4 is 5.69 Å². The summed E-state index contributed by atoms with van der Waals surface area (Å²) in [6.07, 6.45) is 2.49. The van der Waals surface area contributed by atoms with Gasteiger partial charge in [-0.3, -0.25) is 18.4 Å². The topological polar surface area (TPSA) is 78.4 Å². The van der Waals surface area contributed by atoms with Crippen LogP contribution in [-0.2, 0) is 21.1 Å². The van der Waals surface area contributed by atoms with Crippen molar-refractivity contribution in [3.8, 4) is 28.2 Å². The number of aryl methyl sites for hydroxylation is 4. The number of fused-ring (bicyclic) bond motifs is 3. The smallest absolute Gasteiger partial charge is 0.328 e. The Labute approximate surface area is 226 Å². The number of imidazole rings is 2. The van der Waals surface area contributed by atoms with Gasteiger partial charge in [0.05, 0.1) is 28.3 Å². The lowest BCUT2D eigenvalue weighted by molar-refractivity contribution is 0.152. The Hall–Kier alpha value is -4.99. The highest BCUT2D eigenvalue weighted by Gasteiger charge is 2.23. The van der Waals surface area contributed by atoms with Gasteiger partial charge in [0.1, 0.15) is 5.82 Å². The molecule has 1 N–H and O–H groups in total. The van der Waals surface area contributed by atoms with Gasteiger partial charge in [0, 0.05) is 66.8 Å². The molecule has 3 aromatic carbocycles. The van der Waals surface area contributed by atoms with Crippen molar-refractivity contribution in [1.82, 2.24) is 33.4 Å². The minimum atomic E-state index is -2.71. The lowest BCUT2D eigenvalue weighted by atomic mass is 10.0. The Bertz CT molecular complexity index is 2170. The molecule has 200 valence electrons. The van der Waals surface area contributed by atoms with Crippen LogP contribution >= 0.6 is 0 Å². The maximum atomic E-state index is 14.5. The third-order valence-electron chi connectivity index (χ3n) is 7.67. The summed E-state index contributed by atoms with van der Waals surface area (Å²) in [5.74, 6) is 0.605. The second-order valence-corrected chi connectivity index (χ2v) is 10.2. The zero-order chi connectivity index (χ0) is 27.9. The highest BCUT2D eigenvalue weighted by Crippen LogP contribution is 2.39. The van der Waals surface area contributed by atoms with Crippen LogP contribution in [-0.4, -0.2) is 33.4 Å².